The number of rotatable bonds is 15. The predicted molar refractivity (Wildman–Crippen MR) is 145 cm³/mol. The van der Waals surface area contributed by atoms with Crippen molar-refractivity contribution in [3.63, 3.8) is 0 Å². The van der Waals surface area contributed by atoms with E-state index in [1.165, 1.54) is 18.3 Å². The molecule has 2 heterocycles. The van der Waals surface area contributed by atoms with Gasteiger partial charge in [0.25, 0.3) is 11.5 Å². The number of aromatic nitrogens is 4. The zero-order chi connectivity index (χ0) is 28.2. The summed E-state index contributed by atoms with van der Waals surface area (Å²) in [7, 11) is 0. The van der Waals surface area contributed by atoms with Gasteiger partial charge in [0.15, 0.2) is 11.2 Å². The van der Waals surface area contributed by atoms with Gasteiger partial charge in [0.1, 0.15) is 6.04 Å². The molecule has 0 spiro atoms. The van der Waals surface area contributed by atoms with Crippen molar-refractivity contribution in [1.82, 2.24) is 30.6 Å². The van der Waals surface area contributed by atoms with E-state index in [0.29, 0.717) is 24.5 Å². The second-order valence-electron chi connectivity index (χ2n) is 8.87. The Kier molecular flexibility index (Phi) is 10.7. The number of hydrogen-bond donors (Lipinski definition) is 7. The lowest BCUT2D eigenvalue weighted by molar-refractivity contribution is -0.139. The molecule has 0 radical (unpaired) electrons. The number of amides is 2. The van der Waals surface area contributed by atoms with Crippen molar-refractivity contribution in [2.75, 3.05) is 24.1 Å². The lowest BCUT2D eigenvalue weighted by atomic mass is 10.1. The summed E-state index contributed by atoms with van der Waals surface area (Å²) in [5, 5.41) is 17.8. The Morgan fingerprint density at radius 2 is 1.79 bits per heavy atom. The van der Waals surface area contributed by atoms with Crippen LogP contribution in [0.4, 0.5) is 11.6 Å². The first-order valence-corrected chi connectivity index (χ1v) is 12.6. The molecular weight excluding hydrogens is 506 g/mol. The number of carboxylic acids is 1. The fourth-order valence-electron chi connectivity index (χ4n) is 3.70. The molecule has 2 aromatic heterocycles. The Bertz CT molecular complexity index is 1340. The molecule has 1 atom stereocenters. The summed E-state index contributed by atoms with van der Waals surface area (Å²) in [5.74, 6) is -2.09. The van der Waals surface area contributed by atoms with E-state index in [-0.39, 0.29) is 48.0 Å². The summed E-state index contributed by atoms with van der Waals surface area (Å²) in [6.07, 6.45) is 5.17. The van der Waals surface area contributed by atoms with E-state index in [9.17, 15) is 24.3 Å². The molecule has 3 aromatic rings. The number of H-pyrrole nitrogens is 1. The van der Waals surface area contributed by atoms with Gasteiger partial charge in [0, 0.05) is 24.2 Å². The first-order valence-electron chi connectivity index (χ1n) is 12.6. The first-order chi connectivity index (χ1) is 18.8. The SMILES string of the molecule is NCCCCCCNC(=O)CC[C@H](NC(=O)c1ccc(NCc2cnc3nc(N)[nH]c(=O)c3n2)cc1)C(=O)O. The number of carbonyl (C=O) groups is 3. The van der Waals surface area contributed by atoms with Crippen LogP contribution in [0.3, 0.4) is 0 Å². The third kappa shape index (κ3) is 9.03. The van der Waals surface area contributed by atoms with Crippen molar-refractivity contribution in [2.24, 2.45) is 5.73 Å². The lowest BCUT2D eigenvalue weighted by Crippen LogP contribution is -2.41. The fraction of sp³-hybridized carbons (Fsp3) is 0.400. The molecule has 1 aromatic carbocycles. The maximum atomic E-state index is 12.6. The van der Waals surface area contributed by atoms with Crippen molar-refractivity contribution in [1.29, 1.82) is 0 Å². The summed E-state index contributed by atoms with van der Waals surface area (Å²) in [6, 6.07) is 5.17. The van der Waals surface area contributed by atoms with Crippen LogP contribution in [-0.2, 0) is 16.1 Å². The van der Waals surface area contributed by atoms with E-state index in [1.54, 1.807) is 12.1 Å². The van der Waals surface area contributed by atoms with Crippen LogP contribution in [0.1, 0.15) is 54.6 Å². The number of nitrogens with one attached hydrogen (secondary N) is 4. The topological polar surface area (TPSA) is 231 Å². The van der Waals surface area contributed by atoms with Crippen LogP contribution in [0.5, 0.6) is 0 Å². The van der Waals surface area contributed by atoms with Gasteiger partial charge in [-0.3, -0.25) is 19.4 Å². The number of aromatic amines is 1. The number of anilines is 2. The smallest absolute Gasteiger partial charge is 0.326 e. The number of carboxylic acid groups (broad SMARTS) is 1. The summed E-state index contributed by atoms with van der Waals surface area (Å²) in [4.78, 5) is 62.9. The van der Waals surface area contributed by atoms with Crippen LogP contribution in [0.25, 0.3) is 11.2 Å². The normalized spacial score (nSPS) is 11.6. The van der Waals surface area contributed by atoms with Gasteiger partial charge in [-0.15, -0.1) is 0 Å². The largest absolute Gasteiger partial charge is 0.480 e. The molecule has 0 bridgehead atoms. The number of carbonyl (C=O) groups excluding carboxylic acids is 2. The average Bonchev–Trinajstić information content (AvgIpc) is 2.91. The Morgan fingerprint density at radius 3 is 2.51 bits per heavy atom. The van der Waals surface area contributed by atoms with Crippen molar-refractivity contribution in [2.45, 2.75) is 51.1 Å². The molecule has 0 fully saturated rings. The van der Waals surface area contributed by atoms with Crippen LogP contribution in [0, 0.1) is 0 Å². The van der Waals surface area contributed by atoms with Crippen LogP contribution in [0.15, 0.2) is 35.3 Å². The Hall–Kier alpha value is -4.59. The van der Waals surface area contributed by atoms with Gasteiger partial charge < -0.3 is 32.5 Å². The molecular formula is C25H33N9O5. The van der Waals surface area contributed by atoms with Gasteiger partial charge in [-0.1, -0.05) is 12.8 Å². The van der Waals surface area contributed by atoms with E-state index in [2.05, 4.69) is 35.9 Å². The monoisotopic (exact) mass is 539 g/mol. The summed E-state index contributed by atoms with van der Waals surface area (Å²) < 4.78 is 0. The predicted octanol–water partition coefficient (Wildman–Crippen LogP) is 0.506. The number of hydrogen-bond acceptors (Lipinski definition) is 10. The maximum Gasteiger partial charge on any atom is 0.326 e. The average molecular weight is 540 g/mol. The highest BCUT2D eigenvalue weighted by molar-refractivity contribution is 5.97. The Balaban J connectivity index is 1.47. The van der Waals surface area contributed by atoms with Crippen molar-refractivity contribution < 1.29 is 19.5 Å². The number of unbranched alkanes of at least 4 members (excludes halogenated alkanes) is 3. The van der Waals surface area contributed by atoms with Gasteiger partial charge in [-0.25, -0.2) is 14.8 Å². The van der Waals surface area contributed by atoms with E-state index < -0.39 is 23.5 Å². The zero-order valence-corrected chi connectivity index (χ0v) is 21.4. The van der Waals surface area contributed by atoms with Crippen LogP contribution >= 0.6 is 0 Å². The minimum Gasteiger partial charge on any atom is -0.480 e. The second-order valence-corrected chi connectivity index (χ2v) is 8.87. The number of benzene rings is 1. The number of aliphatic carboxylic acids is 1. The molecule has 0 saturated carbocycles. The standard InChI is InChI=1S/C25H33N9O5/c26-11-3-1-2-4-12-28-19(35)10-9-18(24(38)39)32-22(36)15-5-7-16(8-6-15)29-13-17-14-30-21-20(31-17)23(37)34-25(27)33-21/h5-8,14,18,29H,1-4,9-13,26H2,(H,28,35)(H,32,36)(H,38,39)(H3,27,30,33,34,37)/t18-/m0/s1. The van der Waals surface area contributed by atoms with Gasteiger partial charge in [0.2, 0.25) is 11.9 Å². The van der Waals surface area contributed by atoms with E-state index in [0.717, 1.165) is 25.7 Å². The highest BCUT2D eigenvalue weighted by atomic mass is 16.4. The van der Waals surface area contributed by atoms with Gasteiger partial charge in [-0.2, -0.15) is 4.98 Å². The second kappa shape index (κ2) is 14.4. The molecule has 208 valence electrons. The van der Waals surface area contributed by atoms with E-state index in [4.69, 9.17) is 11.5 Å². The number of nitrogen functional groups attached to an aromatic ring is 1. The molecule has 0 saturated heterocycles. The zero-order valence-electron chi connectivity index (χ0n) is 21.4. The summed E-state index contributed by atoms with van der Waals surface area (Å²) >= 11 is 0. The highest BCUT2D eigenvalue weighted by Gasteiger charge is 2.21. The fourth-order valence-corrected chi connectivity index (χ4v) is 3.70. The third-order valence-corrected chi connectivity index (χ3v) is 5.82. The van der Waals surface area contributed by atoms with Crippen LogP contribution in [0.2, 0.25) is 0 Å². The summed E-state index contributed by atoms with van der Waals surface area (Å²) in [5.41, 5.74) is 12.1. The van der Waals surface area contributed by atoms with E-state index in [1.807, 2.05) is 0 Å². The molecule has 9 N–H and O–H groups in total. The minimum absolute atomic E-state index is 0.0180. The lowest BCUT2D eigenvalue weighted by Gasteiger charge is -2.15. The molecule has 2 amide bonds. The van der Waals surface area contributed by atoms with Gasteiger partial charge >= 0.3 is 5.97 Å². The third-order valence-electron chi connectivity index (χ3n) is 5.82. The maximum absolute atomic E-state index is 12.6. The van der Waals surface area contributed by atoms with E-state index >= 15 is 0 Å². The molecule has 0 aliphatic carbocycles. The molecule has 0 aliphatic rings. The minimum atomic E-state index is -1.22. The van der Waals surface area contributed by atoms with Crippen molar-refractivity contribution in [3.05, 3.63) is 52.1 Å². The van der Waals surface area contributed by atoms with Crippen molar-refractivity contribution in [3.8, 4) is 0 Å². The molecule has 3 rings (SSSR count). The number of nitrogens with two attached hydrogens (primary N) is 2. The first kappa shape index (κ1) is 29.0. The Labute approximate surface area is 224 Å². The quantitative estimate of drug-likeness (QED) is 0.131. The molecule has 39 heavy (non-hydrogen) atoms. The van der Waals surface area contributed by atoms with Gasteiger partial charge in [0.05, 0.1) is 18.4 Å². The van der Waals surface area contributed by atoms with Crippen molar-refractivity contribution >= 4 is 40.6 Å². The molecule has 0 unspecified atom stereocenters. The van der Waals surface area contributed by atoms with Crippen LogP contribution in [-0.4, -0.2) is 62.0 Å². The summed E-state index contributed by atoms with van der Waals surface area (Å²) in [6.45, 7) is 1.41. The van der Waals surface area contributed by atoms with Crippen LogP contribution < -0.4 is 33.0 Å². The molecule has 14 nitrogen and oxygen atoms in total. The molecule has 14 heteroatoms. The number of nitrogens with zero attached hydrogens (tertiary/aromatic N) is 3. The molecule has 0 aliphatic heterocycles. The Morgan fingerprint density at radius 1 is 1.05 bits per heavy atom. The van der Waals surface area contributed by atoms with Gasteiger partial charge in [-0.05, 0) is 50.1 Å². The number of fused-ring (bicyclic) bond motifs is 1. The highest BCUT2D eigenvalue weighted by Crippen LogP contribution is 2.12.